The number of carbonyl (C=O) groups is 2. The van der Waals surface area contributed by atoms with Crippen LogP contribution in [0, 0.1) is 21.8 Å². The highest BCUT2D eigenvalue weighted by Gasteiger charge is 2.17. The second kappa shape index (κ2) is 7.91. The van der Waals surface area contributed by atoms with Gasteiger partial charge in [-0.2, -0.15) is 0 Å². The smallest absolute Gasteiger partial charge is 0.321 e. The van der Waals surface area contributed by atoms with Crippen molar-refractivity contribution >= 4 is 17.6 Å². The summed E-state index contributed by atoms with van der Waals surface area (Å²) >= 11 is 0. The number of rotatable bonds is 6. The van der Waals surface area contributed by atoms with E-state index >= 15 is 0 Å². The molecule has 9 heteroatoms. The van der Waals surface area contributed by atoms with Crippen LogP contribution >= 0.6 is 0 Å². The van der Waals surface area contributed by atoms with Gasteiger partial charge in [-0.15, -0.1) is 0 Å². The van der Waals surface area contributed by atoms with Gasteiger partial charge >= 0.3 is 11.7 Å². The van der Waals surface area contributed by atoms with Crippen LogP contribution in [-0.2, 0) is 4.79 Å². The van der Waals surface area contributed by atoms with Crippen molar-refractivity contribution in [3.8, 4) is 5.75 Å². The molecular weight excluding hydrogens is 297 g/mol. The molecule has 3 amide bonds. The molecule has 0 aliphatic rings. The zero-order valence-electron chi connectivity index (χ0n) is 12.1. The van der Waals surface area contributed by atoms with E-state index in [9.17, 15) is 24.1 Å². The number of amides is 3. The summed E-state index contributed by atoms with van der Waals surface area (Å²) in [6.07, 6.45) is 0. The Bertz CT molecular complexity index is 577. The summed E-state index contributed by atoms with van der Waals surface area (Å²) in [5.41, 5.74) is -0.474. The van der Waals surface area contributed by atoms with Crippen molar-refractivity contribution in [2.24, 2.45) is 5.92 Å². The zero-order chi connectivity index (χ0) is 16.7. The number of imide groups is 1. The number of halogens is 1. The molecule has 120 valence electrons. The van der Waals surface area contributed by atoms with Gasteiger partial charge in [0.1, 0.15) is 5.82 Å². The van der Waals surface area contributed by atoms with Crippen molar-refractivity contribution in [1.29, 1.82) is 0 Å². The average Bonchev–Trinajstić information content (AvgIpc) is 2.42. The Labute approximate surface area is 125 Å². The molecule has 1 aromatic rings. The number of hydrogen-bond donors (Lipinski definition) is 2. The average molecular weight is 313 g/mol. The van der Waals surface area contributed by atoms with Crippen LogP contribution in [0.4, 0.5) is 14.9 Å². The second-order valence-electron chi connectivity index (χ2n) is 4.81. The highest BCUT2D eigenvalue weighted by molar-refractivity contribution is 5.95. The molecule has 0 spiro atoms. The quantitative estimate of drug-likeness (QED) is 0.612. The van der Waals surface area contributed by atoms with Crippen molar-refractivity contribution in [2.75, 3.05) is 13.2 Å². The molecule has 0 fully saturated rings. The van der Waals surface area contributed by atoms with Gasteiger partial charge in [0.15, 0.2) is 6.61 Å². The lowest BCUT2D eigenvalue weighted by Crippen LogP contribution is -2.42. The molecule has 0 saturated heterocycles. The van der Waals surface area contributed by atoms with E-state index < -0.39 is 35.0 Å². The van der Waals surface area contributed by atoms with Gasteiger partial charge in [-0.25, -0.2) is 9.18 Å². The van der Waals surface area contributed by atoms with Crippen LogP contribution in [0.15, 0.2) is 18.2 Å². The molecule has 0 aliphatic carbocycles. The number of ether oxygens (including phenoxy) is 1. The van der Waals surface area contributed by atoms with Gasteiger partial charge in [0.25, 0.3) is 5.91 Å². The lowest BCUT2D eigenvalue weighted by molar-refractivity contribution is -0.385. The number of hydrogen-bond acceptors (Lipinski definition) is 5. The summed E-state index contributed by atoms with van der Waals surface area (Å²) in [6, 6.07) is 1.93. The van der Waals surface area contributed by atoms with Crippen LogP contribution in [0.3, 0.4) is 0 Å². The van der Waals surface area contributed by atoms with Crippen molar-refractivity contribution < 1.29 is 23.6 Å². The highest BCUT2D eigenvalue weighted by Crippen LogP contribution is 2.27. The van der Waals surface area contributed by atoms with Crippen molar-refractivity contribution in [3.05, 3.63) is 34.1 Å². The van der Waals surface area contributed by atoms with E-state index in [0.29, 0.717) is 6.54 Å². The van der Waals surface area contributed by atoms with Crippen LogP contribution in [0.25, 0.3) is 0 Å². The van der Waals surface area contributed by atoms with E-state index in [0.717, 1.165) is 18.2 Å². The largest absolute Gasteiger partial charge is 0.477 e. The molecule has 0 aromatic heterocycles. The monoisotopic (exact) mass is 313 g/mol. The number of nitrogens with zero attached hydrogens (tertiary/aromatic N) is 1. The minimum Gasteiger partial charge on any atom is -0.477 e. The molecule has 0 atom stereocenters. The lowest BCUT2D eigenvalue weighted by atomic mass is 10.2. The normalized spacial score (nSPS) is 10.2. The van der Waals surface area contributed by atoms with E-state index in [1.54, 1.807) is 0 Å². The molecule has 1 rings (SSSR count). The SMILES string of the molecule is CC(C)CNC(=O)NC(=O)COc1cc(F)ccc1[N+](=O)[O-]. The van der Waals surface area contributed by atoms with Crippen LogP contribution < -0.4 is 15.4 Å². The van der Waals surface area contributed by atoms with Crippen LogP contribution in [0.1, 0.15) is 13.8 Å². The van der Waals surface area contributed by atoms with Gasteiger partial charge in [-0.3, -0.25) is 20.2 Å². The van der Waals surface area contributed by atoms with Gasteiger partial charge in [0.05, 0.1) is 4.92 Å². The predicted molar refractivity (Wildman–Crippen MR) is 74.9 cm³/mol. The van der Waals surface area contributed by atoms with Crippen molar-refractivity contribution in [2.45, 2.75) is 13.8 Å². The number of nitro groups is 1. The third-order valence-corrected chi connectivity index (χ3v) is 2.40. The van der Waals surface area contributed by atoms with E-state index in [4.69, 9.17) is 4.74 Å². The van der Waals surface area contributed by atoms with Gasteiger partial charge in [0.2, 0.25) is 5.75 Å². The Morgan fingerprint density at radius 1 is 1.41 bits per heavy atom. The van der Waals surface area contributed by atoms with Crippen LogP contribution in [0.2, 0.25) is 0 Å². The zero-order valence-corrected chi connectivity index (χ0v) is 12.1. The molecule has 0 unspecified atom stereocenters. The summed E-state index contributed by atoms with van der Waals surface area (Å²) in [5.74, 6) is -1.72. The molecule has 0 heterocycles. The topological polar surface area (TPSA) is 111 Å². The number of carbonyl (C=O) groups excluding carboxylic acids is 2. The Kier molecular flexibility index (Phi) is 6.24. The molecule has 22 heavy (non-hydrogen) atoms. The fraction of sp³-hybridized carbons (Fsp3) is 0.385. The first-order chi connectivity index (χ1) is 10.3. The summed E-state index contributed by atoms with van der Waals surface area (Å²) in [5, 5.41) is 15.2. The Hall–Kier alpha value is -2.71. The second-order valence-corrected chi connectivity index (χ2v) is 4.81. The molecule has 0 aliphatic heterocycles. The maximum Gasteiger partial charge on any atom is 0.321 e. The Morgan fingerprint density at radius 2 is 2.09 bits per heavy atom. The summed E-state index contributed by atoms with van der Waals surface area (Å²) < 4.78 is 17.9. The Morgan fingerprint density at radius 3 is 2.68 bits per heavy atom. The third kappa shape index (κ3) is 5.73. The fourth-order valence-corrected chi connectivity index (χ4v) is 1.40. The minimum atomic E-state index is -0.806. The fourth-order valence-electron chi connectivity index (χ4n) is 1.40. The molecule has 2 N–H and O–H groups in total. The van der Waals surface area contributed by atoms with Gasteiger partial charge in [0, 0.05) is 18.7 Å². The maximum atomic E-state index is 13.1. The lowest BCUT2D eigenvalue weighted by Gasteiger charge is -2.09. The predicted octanol–water partition coefficient (Wildman–Crippen LogP) is 1.59. The summed E-state index contributed by atoms with van der Waals surface area (Å²) in [7, 11) is 0. The molecule has 0 bridgehead atoms. The van der Waals surface area contributed by atoms with Gasteiger partial charge in [-0.1, -0.05) is 13.8 Å². The van der Waals surface area contributed by atoms with Gasteiger partial charge in [-0.05, 0) is 12.0 Å². The van der Waals surface area contributed by atoms with Gasteiger partial charge < -0.3 is 10.1 Å². The molecule has 0 radical (unpaired) electrons. The Balaban J connectivity index is 2.55. The minimum absolute atomic E-state index is 0.215. The van der Waals surface area contributed by atoms with Crippen molar-refractivity contribution in [1.82, 2.24) is 10.6 Å². The highest BCUT2D eigenvalue weighted by atomic mass is 19.1. The number of urea groups is 1. The number of nitro benzene ring substituents is 1. The summed E-state index contributed by atoms with van der Waals surface area (Å²) in [4.78, 5) is 32.8. The first kappa shape index (κ1) is 17.3. The first-order valence-electron chi connectivity index (χ1n) is 6.44. The molecule has 0 saturated carbocycles. The van der Waals surface area contributed by atoms with E-state index in [1.165, 1.54) is 0 Å². The van der Waals surface area contributed by atoms with Crippen LogP contribution in [-0.4, -0.2) is 30.0 Å². The molecule has 8 nitrogen and oxygen atoms in total. The van der Waals surface area contributed by atoms with E-state index in [2.05, 4.69) is 5.32 Å². The third-order valence-electron chi connectivity index (χ3n) is 2.40. The van der Waals surface area contributed by atoms with E-state index in [1.807, 2.05) is 19.2 Å². The standard InChI is InChI=1S/C13H16FN3O5/c1-8(2)6-15-13(19)16-12(18)7-22-11-5-9(14)3-4-10(11)17(20)21/h3-5,8H,6-7H2,1-2H3,(H2,15,16,18,19). The first-order valence-corrected chi connectivity index (χ1v) is 6.44. The van der Waals surface area contributed by atoms with Crippen molar-refractivity contribution in [3.63, 3.8) is 0 Å². The summed E-state index contributed by atoms with van der Waals surface area (Å²) in [6.45, 7) is 3.50. The number of nitrogens with one attached hydrogen (secondary N) is 2. The molecular formula is C13H16FN3O5. The van der Waals surface area contributed by atoms with E-state index in [-0.39, 0.29) is 11.7 Å². The number of benzene rings is 1. The maximum absolute atomic E-state index is 13.1. The van der Waals surface area contributed by atoms with Crippen LogP contribution in [0.5, 0.6) is 5.75 Å². The molecule has 1 aromatic carbocycles.